The van der Waals surface area contributed by atoms with Crippen molar-refractivity contribution in [1.82, 2.24) is 4.90 Å². The summed E-state index contributed by atoms with van der Waals surface area (Å²) >= 11 is 0. The van der Waals surface area contributed by atoms with Crippen LogP contribution in [-0.2, 0) is 9.53 Å². The van der Waals surface area contributed by atoms with Crippen LogP contribution in [0.3, 0.4) is 0 Å². The standard InChI is InChI=1S/C20H19NO3/c1-2-24-18(22)14-13-17-19(15-9-5-3-6-10-15)21(17)20(23)16-11-7-4-8-12-16/h3-14,17,19H,2H2,1H3/b14-13+/t17-,19-,21?/m1/s1. The monoisotopic (exact) mass is 321 g/mol. The third kappa shape index (κ3) is 3.38. The molecule has 3 rings (SSSR count). The van der Waals surface area contributed by atoms with E-state index in [0.717, 1.165) is 5.56 Å². The average molecular weight is 321 g/mol. The van der Waals surface area contributed by atoms with E-state index in [1.54, 1.807) is 30.0 Å². The summed E-state index contributed by atoms with van der Waals surface area (Å²) < 4.78 is 4.91. The summed E-state index contributed by atoms with van der Waals surface area (Å²) in [5.74, 6) is -0.425. The van der Waals surface area contributed by atoms with Gasteiger partial charge in [-0.15, -0.1) is 0 Å². The van der Waals surface area contributed by atoms with Crippen molar-refractivity contribution in [3.8, 4) is 0 Å². The summed E-state index contributed by atoms with van der Waals surface area (Å²) in [5.41, 5.74) is 1.70. The highest BCUT2D eigenvalue weighted by Gasteiger charge is 2.50. The fourth-order valence-corrected chi connectivity index (χ4v) is 2.81. The molecule has 1 saturated heterocycles. The highest BCUT2D eigenvalue weighted by Crippen LogP contribution is 2.45. The number of hydrogen-bond acceptors (Lipinski definition) is 3. The minimum Gasteiger partial charge on any atom is -0.463 e. The average Bonchev–Trinajstić information content (AvgIpc) is 3.35. The minimum atomic E-state index is -0.386. The molecule has 0 aromatic heterocycles. The Hall–Kier alpha value is -2.88. The van der Waals surface area contributed by atoms with E-state index in [1.165, 1.54) is 6.08 Å². The molecule has 1 aliphatic rings. The van der Waals surface area contributed by atoms with Crippen LogP contribution in [0.25, 0.3) is 0 Å². The number of ether oxygens (including phenoxy) is 1. The van der Waals surface area contributed by atoms with Crippen molar-refractivity contribution in [2.75, 3.05) is 6.61 Å². The van der Waals surface area contributed by atoms with Gasteiger partial charge in [0.1, 0.15) is 0 Å². The number of amides is 1. The Morgan fingerprint density at radius 2 is 1.67 bits per heavy atom. The number of rotatable bonds is 5. The molecule has 0 N–H and O–H groups in total. The Morgan fingerprint density at radius 1 is 1.04 bits per heavy atom. The Morgan fingerprint density at radius 3 is 2.29 bits per heavy atom. The molecular weight excluding hydrogens is 302 g/mol. The van der Waals surface area contributed by atoms with Crippen LogP contribution in [0.5, 0.6) is 0 Å². The van der Waals surface area contributed by atoms with Gasteiger partial charge in [0, 0.05) is 11.6 Å². The maximum atomic E-state index is 12.7. The Balaban J connectivity index is 1.82. The predicted octanol–water partition coefficient (Wildman–Crippen LogP) is 3.37. The highest BCUT2D eigenvalue weighted by molar-refractivity contribution is 5.97. The zero-order valence-corrected chi connectivity index (χ0v) is 13.5. The molecule has 24 heavy (non-hydrogen) atoms. The molecule has 1 fully saturated rings. The van der Waals surface area contributed by atoms with Crippen LogP contribution >= 0.6 is 0 Å². The van der Waals surface area contributed by atoms with Crippen molar-refractivity contribution in [2.24, 2.45) is 0 Å². The number of esters is 1. The van der Waals surface area contributed by atoms with Gasteiger partial charge in [-0.2, -0.15) is 0 Å². The first-order valence-corrected chi connectivity index (χ1v) is 8.00. The van der Waals surface area contributed by atoms with Crippen molar-refractivity contribution < 1.29 is 14.3 Å². The normalized spacial score (nSPS) is 19.3. The summed E-state index contributed by atoms with van der Waals surface area (Å²) in [7, 11) is 0. The van der Waals surface area contributed by atoms with Crippen LogP contribution in [0, 0.1) is 0 Å². The topological polar surface area (TPSA) is 46.4 Å². The molecule has 0 bridgehead atoms. The van der Waals surface area contributed by atoms with Gasteiger partial charge >= 0.3 is 5.97 Å². The summed E-state index contributed by atoms with van der Waals surface area (Å²) in [5, 5.41) is 0. The van der Waals surface area contributed by atoms with Crippen LogP contribution in [-0.4, -0.2) is 29.4 Å². The van der Waals surface area contributed by atoms with Gasteiger partial charge in [-0.1, -0.05) is 54.6 Å². The second-order valence-electron chi connectivity index (χ2n) is 5.54. The van der Waals surface area contributed by atoms with Gasteiger partial charge in [-0.05, 0) is 24.6 Å². The van der Waals surface area contributed by atoms with Gasteiger partial charge in [0.25, 0.3) is 5.91 Å². The largest absolute Gasteiger partial charge is 0.463 e. The number of carbonyl (C=O) groups excluding carboxylic acids is 2. The Bertz CT molecular complexity index is 740. The molecule has 4 nitrogen and oxygen atoms in total. The molecule has 2 aromatic carbocycles. The Kier molecular flexibility index (Phi) is 4.75. The van der Waals surface area contributed by atoms with E-state index >= 15 is 0 Å². The summed E-state index contributed by atoms with van der Waals surface area (Å²) in [6, 6.07) is 18.8. The zero-order chi connectivity index (χ0) is 16.9. The highest BCUT2D eigenvalue weighted by atomic mass is 16.5. The van der Waals surface area contributed by atoms with Crippen LogP contribution in [0.1, 0.15) is 28.9 Å². The number of nitrogens with zero attached hydrogens (tertiary/aromatic N) is 1. The molecule has 0 aliphatic carbocycles. The van der Waals surface area contributed by atoms with Crippen LogP contribution in [0.15, 0.2) is 72.8 Å². The molecule has 2 atom stereocenters. The molecular formula is C20H19NO3. The first-order chi connectivity index (χ1) is 11.7. The summed E-state index contributed by atoms with van der Waals surface area (Å²) in [6.07, 6.45) is 3.15. The SMILES string of the molecule is CCOC(=O)/C=C/[C@@H]1[C@@H](c2ccccc2)N1C(=O)c1ccccc1. The van der Waals surface area contributed by atoms with Crippen LogP contribution in [0.2, 0.25) is 0 Å². The number of carbonyl (C=O) groups is 2. The summed E-state index contributed by atoms with van der Waals surface area (Å²) in [6.45, 7) is 2.10. The van der Waals surface area contributed by atoms with E-state index < -0.39 is 0 Å². The molecule has 0 unspecified atom stereocenters. The fraction of sp³-hybridized carbons (Fsp3) is 0.200. The van der Waals surface area contributed by atoms with Gasteiger partial charge in [0.05, 0.1) is 18.7 Å². The summed E-state index contributed by atoms with van der Waals surface area (Å²) in [4.78, 5) is 26.1. The van der Waals surface area contributed by atoms with Crippen molar-refractivity contribution in [3.05, 3.63) is 83.9 Å². The van der Waals surface area contributed by atoms with Gasteiger partial charge in [0.15, 0.2) is 0 Å². The van der Waals surface area contributed by atoms with E-state index in [2.05, 4.69) is 0 Å². The van der Waals surface area contributed by atoms with E-state index in [0.29, 0.717) is 12.2 Å². The van der Waals surface area contributed by atoms with Gasteiger partial charge < -0.3 is 9.64 Å². The molecule has 1 amide bonds. The van der Waals surface area contributed by atoms with Gasteiger partial charge in [0.2, 0.25) is 0 Å². The van der Waals surface area contributed by atoms with Gasteiger partial charge in [-0.25, -0.2) is 4.79 Å². The van der Waals surface area contributed by atoms with E-state index in [4.69, 9.17) is 4.74 Å². The lowest BCUT2D eigenvalue weighted by Crippen LogP contribution is -2.13. The quantitative estimate of drug-likeness (QED) is 0.482. The Labute approximate surface area is 141 Å². The van der Waals surface area contributed by atoms with Crippen molar-refractivity contribution in [3.63, 3.8) is 0 Å². The van der Waals surface area contributed by atoms with Crippen LogP contribution in [0.4, 0.5) is 0 Å². The number of benzene rings is 2. The molecule has 2 aromatic rings. The molecule has 1 aliphatic heterocycles. The lowest BCUT2D eigenvalue weighted by molar-refractivity contribution is -0.137. The van der Waals surface area contributed by atoms with Crippen molar-refractivity contribution in [2.45, 2.75) is 19.0 Å². The van der Waals surface area contributed by atoms with E-state index in [-0.39, 0.29) is 24.0 Å². The third-order valence-electron chi connectivity index (χ3n) is 3.97. The first kappa shape index (κ1) is 16.0. The molecule has 0 radical (unpaired) electrons. The second kappa shape index (κ2) is 7.13. The molecule has 122 valence electrons. The maximum absolute atomic E-state index is 12.7. The van der Waals surface area contributed by atoms with Crippen molar-refractivity contribution in [1.29, 1.82) is 0 Å². The van der Waals surface area contributed by atoms with E-state index in [9.17, 15) is 9.59 Å². The second-order valence-corrected chi connectivity index (χ2v) is 5.54. The molecule has 1 heterocycles. The third-order valence-corrected chi connectivity index (χ3v) is 3.97. The predicted molar refractivity (Wildman–Crippen MR) is 91.4 cm³/mol. The lowest BCUT2D eigenvalue weighted by atomic mass is 10.1. The molecule has 0 spiro atoms. The number of hydrogen-bond donors (Lipinski definition) is 0. The smallest absolute Gasteiger partial charge is 0.330 e. The minimum absolute atomic E-state index is 0.0389. The maximum Gasteiger partial charge on any atom is 0.330 e. The molecule has 4 heteroatoms. The van der Waals surface area contributed by atoms with Gasteiger partial charge in [-0.3, -0.25) is 4.79 Å². The fourth-order valence-electron chi connectivity index (χ4n) is 2.81. The lowest BCUT2D eigenvalue weighted by Gasteiger charge is -2.04. The van der Waals surface area contributed by atoms with Crippen LogP contribution < -0.4 is 0 Å². The molecule has 0 saturated carbocycles. The van der Waals surface area contributed by atoms with E-state index in [1.807, 2.05) is 48.5 Å². The van der Waals surface area contributed by atoms with Crippen molar-refractivity contribution >= 4 is 11.9 Å². The zero-order valence-electron chi connectivity index (χ0n) is 13.5. The first-order valence-electron chi connectivity index (χ1n) is 8.00.